The second kappa shape index (κ2) is 9.94. The summed E-state index contributed by atoms with van der Waals surface area (Å²) in [6.07, 6.45) is 9.34. The van der Waals surface area contributed by atoms with Gasteiger partial charge in [-0.1, -0.05) is 43.5 Å². The second-order valence-corrected chi connectivity index (χ2v) is 8.41. The molecule has 1 N–H and O–H groups in total. The molecular formula is C23H35N3O2. The normalized spacial score (nSPS) is 18.7. The summed E-state index contributed by atoms with van der Waals surface area (Å²) >= 11 is 0. The Balaban J connectivity index is 1.38. The van der Waals surface area contributed by atoms with Crippen molar-refractivity contribution in [3.63, 3.8) is 0 Å². The van der Waals surface area contributed by atoms with Gasteiger partial charge in [-0.05, 0) is 49.1 Å². The number of rotatable bonds is 5. The number of likely N-dealkylation sites (tertiary alicyclic amines) is 1. The van der Waals surface area contributed by atoms with E-state index in [0.717, 1.165) is 25.2 Å². The summed E-state index contributed by atoms with van der Waals surface area (Å²) in [5.74, 6) is 0.838. The first-order valence-corrected chi connectivity index (χ1v) is 10.9. The zero-order valence-electron chi connectivity index (χ0n) is 17.5. The Morgan fingerprint density at radius 3 is 2.29 bits per heavy atom. The third kappa shape index (κ3) is 5.49. The average Bonchev–Trinajstić information content (AvgIpc) is 2.74. The van der Waals surface area contributed by atoms with Crippen LogP contribution in [-0.2, 0) is 11.2 Å². The fraction of sp³-hybridized carbons (Fsp3) is 0.652. The maximum absolute atomic E-state index is 12.4. The van der Waals surface area contributed by atoms with E-state index in [1.54, 1.807) is 11.8 Å². The summed E-state index contributed by atoms with van der Waals surface area (Å²) in [6.45, 7) is 3.68. The number of benzene rings is 1. The van der Waals surface area contributed by atoms with Gasteiger partial charge in [0.15, 0.2) is 0 Å². The van der Waals surface area contributed by atoms with Gasteiger partial charge in [0.2, 0.25) is 5.91 Å². The zero-order chi connectivity index (χ0) is 19.9. The van der Waals surface area contributed by atoms with Crippen molar-refractivity contribution < 1.29 is 9.59 Å². The van der Waals surface area contributed by atoms with Crippen LogP contribution in [0.5, 0.6) is 0 Å². The van der Waals surface area contributed by atoms with E-state index in [1.807, 2.05) is 11.9 Å². The maximum Gasteiger partial charge on any atom is 0.317 e. The van der Waals surface area contributed by atoms with Gasteiger partial charge in [-0.25, -0.2) is 4.79 Å². The van der Waals surface area contributed by atoms with Crippen molar-refractivity contribution >= 4 is 11.9 Å². The van der Waals surface area contributed by atoms with Gasteiger partial charge in [-0.2, -0.15) is 0 Å². The van der Waals surface area contributed by atoms with Crippen LogP contribution in [0.25, 0.3) is 0 Å². The van der Waals surface area contributed by atoms with Gasteiger partial charge in [0.25, 0.3) is 0 Å². The molecule has 1 aromatic carbocycles. The number of nitrogens with zero attached hydrogens (tertiary/aromatic N) is 2. The third-order valence-corrected chi connectivity index (χ3v) is 6.54. The monoisotopic (exact) mass is 385 g/mol. The van der Waals surface area contributed by atoms with Crippen LogP contribution in [0.2, 0.25) is 0 Å². The second-order valence-electron chi connectivity index (χ2n) is 8.41. The van der Waals surface area contributed by atoms with E-state index in [9.17, 15) is 9.59 Å². The lowest BCUT2D eigenvalue weighted by Crippen LogP contribution is -2.49. The average molecular weight is 386 g/mol. The molecule has 3 amide bonds. The van der Waals surface area contributed by atoms with Gasteiger partial charge >= 0.3 is 6.03 Å². The van der Waals surface area contributed by atoms with E-state index in [0.29, 0.717) is 19.6 Å². The molecule has 28 heavy (non-hydrogen) atoms. The van der Waals surface area contributed by atoms with Gasteiger partial charge in [0.05, 0.1) is 0 Å². The number of amides is 3. The summed E-state index contributed by atoms with van der Waals surface area (Å²) in [7, 11) is 1.85. The third-order valence-electron chi connectivity index (χ3n) is 6.54. The first-order valence-electron chi connectivity index (χ1n) is 10.9. The van der Waals surface area contributed by atoms with E-state index in [4.69, 9.17) is 0 Å². The van der Waals surface area contributed by atoms with Crippen molar-refractivity contribution in [1.82, 2.24) is 15.1 Å². The largest absolute Gasteiger partial charge is 0.343 e. The van der Waals surface area contributed by atoms with Crippen molar-refractivity contribution in [2.45, 2.75) is 70.3 Å². The van der Waals surface area contributed by atoms with E-state index >= 15 is 0 Å². The van der Waals surface area contributed by atoms with Crippen molar-refractivity contribution in [2.75, 3.05) is 26.7 Å². The molecule has 5 nitrogen and oxygen atoms in total. The van der Waals surface area contributed by atoms with E-state index in [1.165, 1.54) is 43.2 Å². The summed E-state index contributed by atoms with van der Waals surface area (Å²) in [6, 6.07) is 9.28. The SMILES string of the molecule is CC(=O)N(C)C1CCN(C(=O)NCCc2ccc(C3CCCCC3)cc2)CC1. The summed E-state index contributed by atoms with van der Waals surface area (Å²) in [5, 5.41) is 3.05. The van der Waals surface area contributed by atoms with E-state index in [2.05, 4.69) is 29.6 Å². The first kappa shape index (κ1) is 20.7. The summed E-state index contributed by atoms with van der Waals surface area (Å²) < 4.78 is 0. The highest BCUT2D eigenvalue weighted by molar-refractivity contribution is 5.75. The number of hydrogen-bond donors (Lipinski definition) is 1. The van der Waals surface area contributed by atoms with Crippen molar-refractivity contribution in [1.29, 1.82) is 0 Å². The van der Waals surface area contributed by atoms with Crippen LogP contribution in [0, 0.1) is 0 Å². The lowest BCUT2D eigenvalue weighted by Gasteiger charge is -2.36. The maximum atomic E-state index is 12.4. The highest BCUT2D eigenvalue weighted by Crippen LogP contribution is 2.32. The molecule has 0 atom stereocenters. The smallest absolute Gasteiger partial charge is 0.317 e. The molecule has 1 aliphatic heterocycles. The molecule has 2 aliphatic rings. The molecule has 5 heteroatoms. The molecule has 1 heterocycles. The van der Waals surface area contributed by atoms with Gasteiger partial charge in [-0.15, -0.1) is 0 Å². The number of nitrogens with one attached hydrogen (secondary N) is 1. The molecule has 154 valence electrons. The Kier molecular flexibility index (Phi) is 7.35. The Bertz CT molecular complexity index is 644. The van der Waals surface area contributed by atoms with Crippen LogP contribution in [0.4, 0.5) is 4.79 Å². The Labute approximate surface area is 169 Å². The van der Waals surface area contributed by atoms with E-state index < -0.39 is 0 Å². The minimum absolute atomic E-state index is 0.0164. The van der Waals surface area contributed by atoms with Crippen molar-refractivity contribution in [3.8, 4) is 0 Å². The van der Waals surface area contributed by atoms with Crippen LogP contribution in [0.15, 0.2) is 24.3 Å². The topological polar surface area (TPSA) is 52.7 Å². The molecule has 1 aliphatic carbocycles. The van der Waals surface area contributed by atoms with Crippen LogP contribution >= 0.6 is 0 Å². The lowest BCUT2D eigenvalue weighted by atomic mass is 9.84. The predicted octanol–water partition coefficient (Wildman–Crippen LogP) is 3.93. The van der Waals surface area contributed by atoms with Crippen LogP contribution < -0.4 is 5.32 Å². The Morgan fingerprint density at radius 2 is 1.68 bits per heavy atom. The quantitative estimate of drug-likeness (QED) is 0.835. The molecule has 1 saturated carbocycles. The van der Waals surface area contributed by atoms with Crippen LogP contribution in [0.3, 0.4) is 0 Å². The predicted molar refractivity (Wildman–Crippen MR) is 112 cm³/mol. The highest BCUT2D eigenvalue weighted by Gasteiger charge is 2.26. The van der Waals surface area contributed by atoms with Crippen molar-refractivity contribution in [3.05, 3.63) is 35.4 Å². The first-order chi connectivity index (χ1) is 13.5. The number of piperidine rings is 1. The fourth-order valence-corrected chi connectivity index (χ4v) is 4.53. The molecule has 0 radical (unpaired) electrons. The Morgan fingerprint density at radius 1 is 1.04 bits per heavy atom. The summed E-state index contributed by atoms with van der Waals surface area (Å²) in [4.78, 5) is 27.5. The molecule has 2 fully saturated rings. The number of urea groups is 1. The zero-order valence-corrected chi connectivity index (χ0v) is 17.5. The van der Waals surface area contributed by atoms with Gasteiger partial charge in [0.1, 0.15) is 0 Å². The molecule has 1 aromatic rings. The lowest BCUT2D eigenvalue weighted by molar-refractivity contribution is -0.130. The summed E-state index contributed by atoms with van der Waals surface area (Å²) in [5.41, 5.74) is 2.76. The van der Waals surface area contributed by atoms with Crippen LogP contribution in [-0.4, -0.2) is 54.5 Å². The molecule has 0 aromatic heterocycles. The molecular weight excluding hydrogens is 350 g/mol. The minimum atomic E-state index is 0.0164. The molecule has 3 rings (SSSR count). The van der Waals surface area contributed by atoms with Crippen molar-refractivity contribution in [2.24, 2.45) is 0 Å². The minimum Gasteiger partial charge on any atom is -0.343 e. The van der Waals surface area contributed by atoms with E-state index in [-0.39, 0.29) is 18.0 Å². The fourth-order valence-electron chi connectivity index (χ4n) is 4.53. The number of hydrogen-bond acceptors (Lipinski definition) is 2. The molecule has 0 bridgehead atoms. The standard InChI is InChI=1S/C23H35N3O2/c1-18(27)25(2)22-13-16-26(17-14-22)23(28)24-15-12-19-8-10-21(11-9-19)20-6-4-3-5-7-20/h8-11,20,22H,3-7,12-17H2,1-2H3,(H,24,28). The molecule has 1 saturated heterocycles. The Hall–Kier alpha value is -2.04. The number of carbonyl (C=O) groups is 2. The van der Waals surface area contributed by atoms with Crippen LogP contribution in [0.1, 0.15) is 68.9 Å². The van der Waals surface area contributed by atoms with Gasteiger partial charge in [-0.3, -0.25) is 4.79 Å². The van der Waals surface area contributed by atoms with Gasteiger partial charge < -0.3 is 15.1 Å². The highest BCUT2D eigenvalue weighted by atomic mass is 16.2. The molecule has 0 unspecified atom stereocenters. The number of carbonyl (C=O) groups excluding carboxylic acids is 2. The van der Waals surface area contributed by atoms with Gasteiger partial charge in [0, 0.05) is 39.6 Å². The molecule has 0 spiro atoms.